The molecule has 11 atom stereocenters. The Hall–Kier alpha value is -1.36. The fourth-order valence-electron chi connectivity index (χ4n) is 11.8. The van der Waals surface area contributed by atoms with Gasteiger partial charge in [0.1, 0.15) is 0 Å². The smallest absolute Gasteiger partial charge is 0.309 e. The zero-order valence-electron chi connectivity index (χ0n) is 22.6. The Balaban J connectivity index is 1.62. The van der Waals surface area contributed by atoms with Crippen molar-refractivity contribution < 1.29 is 24.9 Å². The number of aliphatic hydroxyl groups is 1. The van der Waals surface area contributed by atoms with Gasteiger partial charge in [-0.15, -0.1) is 0 Å². The van der Waals surface area contributed by atoms with Crippen LogP contribution in [0.1, 0.15) is 92.9 Å². The Morgan fingerprint density at radius 3 is 2.06 bits per heavy atom. The van der Waals surface area contributed by atoms with E-state index in [1.54, 1.807) is 0 Å². The molecule has 0 amide bonds. The maximum Gasteiger partial charge on any atom is 0.309 e. The molecule has 0 saturated heterocycles. The van der Waals surface area contributed by atoms with Crippen molar-refractivity contribution in [3.8, 4) is 0 Å². The lowest BCUT2D eigenvalue weighted by Crippen LogP contribution is -2.65. The molecule has 0 aromatic rings. The third-order valence-corrected chi connectivity index (χ3v) is 13.6. The monoisotopic (exact) mass is 486 g/mol. The molecule has 5 aliphatic rings. The summed E-state index contributed by atoms with van der Waals surface area (Å²) in [6.07, 6.45) is 6.24. The highest BCUT2D eigenvalue weighted by atomic mass is 16.4. The molecule has 5 nitrogen and oxygen atoms in total. The van der Waals surface area contributed by atoms with E-state index in [0.29, 0.717) is 12.3 Å². The minimum atomic E-state index is -0.862. The fourth-order valence-corrected chi connectivity index (χ4v) is 11.8. The van der Waals surface area contributed by atoms with Crippen LogP contribution in [0.5, 0.6) is 0 Å². The molecule has 0 aromatic carbocycles. The summed E-state index contributed by atoms with van der Waals surface area (Å²) in [4.78, 5) is 25.4. The van der Waals surface area contributed by atoms with Crippen LogP contribution in [0.3, 0.4) is 0 Å². The van der Waals surface area contributed by atoms with E-state index in [2.05, 4.69) is 48.1 Å². The molecule has 196 valence electrons. The van der Waals surface area contributed by atoms with Crippen molar-refractivity contribution in [1.29, 1.82) is 0 Å². The quantitative estimate of drug-likeness (QED) is 0.425. The molecule has 0 aromatic heterocycles. The number of carboxylic acid groups (broad SMARTS) is 2. The van der Waals surface area contributed by atoms with E-state index in [-0.39, 0.29) is 34.5 Å². The first-order valence-electron chi connectivity index (χ1n) is 13.9. The van der Waals surface area contributed by atoms with Crippen LogP contribution >= 0.6 is 0 Å². The largest absolute Gasteiger partial charge is 0.481 e. The van der Waals surface area contributed by atoms with E-state index in [4.69, 9.17) is 0 Å². The van der Waals surface area contributed by atoms with Gasteiger partial charge in [0, 0.05) is 0 Å². The molecule has 0 aliphatic heterocycles. The molecule has 5 heteroatoms. The standard InChI is InChI=1S/C30H46O5/c1-16(2)17-10-13-30(25(34)35)15-14-27(5)18(21(17)30)8-9-20-28(27,6)12-11-19-26(3,4)23(31)22(24(32)33)29(19,20)7/h17-23,31H,1,8-15H2,2-7H3,(H,32,33)(H,34,35)/t17-,18-,19-,20+,21+,22+,23-,27+,28+,29-,30-/m0/s1. The van der Waals surface area contributed by atoms with Crippen LogP contribution in [0.25, 0.3) is 0 Å². The lowest BCUT2D eigenvalue weighted by Gasteiger charge is -2.70. The second-order valence-electron chi connectivity index (χ2n) is 14.6. The van der Waals surface area contributed by atoms with Crippen LogP contribution in [0.4, 0.5) is 0 Å². The average Bonchev–Trinajstić information content (AvgIpc) is 3.21. The van der Waals surface area contributed by atoms with Crippen LogP contribution in [-0.2, 0) is 9.59 Å². The number of hydrogen-bond donors (Lipinski definition) is 3. The summed E-state index contributed by atoms with van der Waals surface area (Å²) in [5.41, 5.74) is -0.558. The lowest BCUT2D eigenvalue weighted by molar-refractivity contribution is -0.228. The van der Waals surface area contributed by atoms with Gasteiger partial charge in [0.15, 0.2) is 0 Å². The van der Waals surface area contributed by atoms with Crippen molar-refractivity contribution in [3.63, 3.8) is 0 Å². The van der Waals surface area contributed by atoms with Gasteiger partial charge in [-0.05, 0) is 110 Å². The Labute approximate surface area is 210 Å². The molecule has 0 radical (unpaired) electrons. The Bertz CT molecular complexity index is 970. The van der Waals surface area contributed by atoms with E-state index < -0.39 is 40.2 Å². The molecule has 5 rings (SSSR count). The zero-order chi connectivity index (χ0) is 25.9. The van der Waals surface area contributed by atoms with Crippen molar-refractivity contribution in [3.05, 3.63) is 12.2 Å². The van der Waals surface area contributed by atoms with E-state index in [0.717, 1.165) is 50.5 Å². The molecule has 5 saturated carbocycles. The van der Waals surface area contributed by atoms with Gasteiger partial charge in [0.05, 0.1) is 17.4 Å². The minimum absolute atomic E-state index is 0.0493. The number of hydrogen-bond acceptors (Lipinski definition) is 3. The topological polar surface area (TPSA) is 94.8 Å². The molecular weight excluding hydrogens is 440 g/mol. The number of carboxylic acids is 2. The van der Waals surface area contributed by atoms with Crippen molar-refractivity contribution in [2.45, 2.75) is 99.0 Å². The highest BCUT2D eigenvalue weighted by Crippen LogP contribution is 2.79. The Morgan fingerprint density at radius 2 is 1.49 bits per heavy atom. The number of aliphatic hydroxyl groups excluding tert-OH is 1. The minimum Gasteiger partial charge on any atom is -0.481 e. The van der Waals surface area contributed by atoms with Crippen molar-refractivity contribution in [2.75, 3.05) is 0 Å². The van der Waals surface area contributed by atoms with Crippen molar-refractivity contribution in [1.82, 2.24) is 0 Å². The third-order valence-electron chi connectivity index (χ3n) is 13.6. The zero-order valence-corrected chi connectivity index (χ0v) is 22.6. The van der Waals surface area contributed by atoms with Crippen molar-refractivity contribution >= 4 is 11.9 Å². The summed E-state index contributed by atoms with van der Waals surface area (Å²) >= 11 is 0. The van der Waals surface area contributed by atoms with Gasteiger partial charge >= 0.3 is 11.9 Å². The number of rotatable bonds is 3. The predicted octanol–water partition coefficient (Wildman–Crippen LogP) is 6.01. The van der Waals surface area contributed by atoms with Gasteiger partial charge in [-0.2, -0.15) is 0 Å². The van der Waals surface area contributed by atoms with Gasteiger partial charge in [-0.1, -0.05) is 46.8 Å². The normalized spacial score (nSPS) is 54.2. The molecule has 0 heterocycles. The van der Waals surface area contributed by atoms with Gasteiger partial charge in [0.25, 0.3) is 0 Å². The summed E-state index contributed by atoms with van der Waals surface area (Å²) < 4.78 is 0. The molecule has 0 unspecified atom stereocenters. The van der Waals surface area contributed by atoms with Gasteiger partial charge < -0.3 is 15.3 Å². The first kappa shape index (κ1) is 25.3. The van der Waals surface area contributed by atoms with E-state index in [1.807, 2.05) is 0 Å². The van der Waals surface area contributed by atoms with Gasteiger partial charge in [0.2, 0.25) is 0 Å². The number of fused-ring (bicyclic) bond motifs is 7. The maximum absolute atomic E-state index is 12.8. The number of allylic oxidation sites excluding steroid dienone is 1. The summed E-state index contributed by atoms with van der Waals surface area (Å²) in [7, 11) is 0. The SMILES string of the molecule is C=C(C)[C@@H]1CC[C@]2(C(=O)O)CC[C@]3(C)[C@@H](CC[C@H]4[C@@]5(C)[C@@H](C(=O)O)[C@H](O)C(C)(C)[C@@H]5CC[C@]43C)[C@@H]12. The Morgan fingerprint density at radius 1 is 0.829 bits per heavy atom. The molecule has 0 spiro atoms. The van der Waals surface area contributed by atoms with Crippen LogP contribution < -0.4 is 0 Å². The highest BCUT2D eigenvalue weighted by Gasteiger charge is 2.75. The third kappa shape index (κ3) is 2.75. The number of aliphatic carboxylic acids is 2. The predicted molar refractivity (Wildman–Crippen MR) is 135 cm³/mol. The first-order valence-corrected chi connectivity index (χ1v) is 13.9. The Kier molecular flexibility index (Phi) is 5.32. The maximum atomic E-state index is 12.8. The summed E-state index contributed by atoms with van der Waals surface area (Å²) in [6.45, 7) is 17.5. The lowest BCUT2D eigenvalue weighted by atomic mass is 9.34. The van der Waals surface area contributed by atoms with Crippen molar-refractivity contribution in [2.24, 2.45) is 62.6 Å². The highest BCUT2D eigenvalue weighted by molar-refractivity contribution is 5.76. The van der Waals surface area contributed by atoms with Crippen LogP contribution in [0, 0.1) is 62.6 Å². The average molecular weight is 487 g/mol. The summed E-state index contributed by atoms with van der Waals surface area (Å²) in [6, 6.07) is 0. The first-order chi connectivity index (χ1) is 16.1. The van der Waals surface area contributed by atoms with E-state index in [9.17, 15) is 24.9 Å². The summed E-state index contributed by atoms with van der Waals surface area (Å²) in [5.74, 6) is -1.21. The van der Waals surface area contributed by atoms with Crippen LogP contribution in [0.15, 0.2) is 12.2 Å². The molecule has 5 aliphatic carbocycles. The molecule has 5 fully saturated rings. The van der Waals surface area contributed by atoms with Crippen LogP contribution in [-0.4, -0.2) is 33.4 Å². The number of carbonyl (C=O) groups is 2. The molecule has 0 bridgehead atoms. The molecular formula is C30H46O5. The second kappa shape index (κ2) is 7.36. The van der Waals surface area contributed by atoms with Crippen LogP contribution in [0.2, 0.25) is 0 Å². The van der Waals surface area contributed by atoms with Gasteiger partial charge in [-0.3, -0.25) is 9.59 Å². The van der Waals surface area contributed by atoms with E-state index in [1.165, 1.54) is 0 Å². The van der Waals surface area contributed by atoms with E-state index >= 15 is 0 Å². The molecule has 35 heavy (non-hydrogen) atoms. The fraction of sp³-hybridized carbons (Fsp3) is 0.867. The molecule has 3 N–H and O–H groups in total. The summed E-state index contributed by atoms with van der Waals surface area (Å²) in [5, 5.41) is 32.2. The second-order valence-corrected chi connectivity index (χ2v) is 14.6. The van der Waals surface area contributed by atoms with Gasteiger partial charge in [-0.25, -0.2) is 0 Å².